The number of rotatable bonds is 2. The summed E-state index contributed by atoms with van der Waals surface area (Å²) in [7, 11) is 0. The summed E-state index contributed by atoms with van der Waals surface area (Å²) in [5.41, 5.74) is 0.160. The van der Waals surface area contributed by atoms with Gasteiger partial charge in [0.25, 0.3) is 11.5 Å². The number of aromatic amines is 1. The van der Waals surface area contributed by atoms with Gasteiger partial charge >= 0.3 is 0 Å². The molecule has 6 nitrogen and oxygen atoms in total. The van der Waals surface area contributed by atoms with E-state index in [1.54, 1.807) is 6.92 Å². The van der Waals surface area contributed by atoms with Gasteiger partial charge in [-0.25, -0.2) is 4.98 Å². The molecule has 0 atom stereocenters. The number of fused-ring (bicyclic) bond motifs is 1. The first kappa shape index (κ1) is 12.0. The van der Waals surface area contributed by atoms with Crippen LogP contribution in [-0.2, 0) is 0 Å². The molecule has 19 heavy (non-hydrogen) atoms. The standard InChI is InChI=1S/C13H15N3O3/c1-7-9(12(18)16-8-4-2-3-5-8)10-11(17)14-6-15-13(10)19-7/h6,8H,2-5H2,1H3,(H,16,18)(H,14,15,17). The molecule has 0 saturated heterocycles. The van der Waals surface area contributed by atoms with Crippen LogP contribution in [0.15, 0.2) is 15.5 Å². The normalized spacial score (nSPS) is 16.1. The summed E-state index contributed by atoms with van der Waals surface area (Å²) in [5.74, 6) is 0.177. The Balaban J connectivity index is 2.01. The molecule has 2 aromatic rings. The second-order valence-corrected chi connectivity index (χ2v) is 4.90. The van der Waals surface area contributed by atoms with Crippen LogP contribution < -0.4 is 10.9 Å². The Bertz CT molecular complexity index is 680. The van der Waals surface area contributed by atoms with E-state index in [9.17, 15) is 9.59 Å². The number of nitrogens with zero attached hydrogens (tertiary/aromatic N) is 1. The molecule has 0 radical (unpaired) electrons. The summed E-state index contributed by atoms with van der Waals surface area (Å²) in [5, 5.41) is 3.19. The minimum Gasteiger partial charge on any atom is -0.442 e. The number of amides is 1. The molecule has 6 heteroatoms. The number of carbonyl (C=O) groups is 1. The van der Waals surface area contributed by atoms with Gasteiger partial charge in [0.2, 0.25) is 5.71 Å². The van der Waals surface area contributed by atoms with Crippen molar-refractivity contribution in [3.8, 4) is 0 Å². The molecular weight excluding hydrogens is 246 g/mol. The van der Waals surface area contributed by atoms with Crippen LogP contribution >= 0.6 is 0 Å². The number of aryl methyl sites for hydroxylation is 1. The molecule has 0 aromatic carbocycles. The maximum atomic E-state index is 12.3. The molecule has 1 aliphatic carbocycles. The van der Waals surface area contributed by atoms with E-state index in [2.05, 4.69) is 15.3 Å². The van der Waals surface area contributed by atoms with Crippen LogP contribution in [0, 0.1) is 6.92 Å². The minimum atomic E-state index is -0.349. The topological polar surface area (TPSA) is 88.0 Å². The lowest BCUT2D eigenvalue weighted by molar-refractivity contribution is 0.0937. The monoisotopic (exact) mass is 261 g/mol. The van der Waals surface area contributed by atoms with Crippen LogP contribution in [0.1, 0.15) is 41.8 Å². The molecule has 1 aliphatic rings. The Hall–Kier alpha value is -2.11. The second kappa shape index (κ2) is 4.53. The van der Waals surface area contributed by atoms with Crippen molar-refractivity contribution in [3.63, 3.8) is 0 Å². The van der Waals surface area contributed by atoms with E-state index in [4.69, 9.17) is 4.42 Å². The van der Waals surface area contributed by atoms with Gasteiger partial charge in [-0.1, -0.05) is 12.8 Å². The van der Waals surface area contributed by atoms with Gasteiger partial charge in [0.15, 0.2) is 0 Å². The van der Waals surface area contributed by atoms with Gasteiger partial charge in [0.1, 0.15) is 11.1 Å². The van der Waals surface area contributed by atoms with Gasteiger partial charge < -0.3 is 14.7 Å². The summed E-state index contributed by atoms with van der Waals surface area (Å²) < 4.78 is 5.37. The number of furan rings is 1. The van der Waals surface area contributed by atoms with Gasteiger partial charge in [-0.3, -0.25) is 9.59 Å². The third kappa shape index (κ3) is 2.03. The predicted octanol–water partition coefficient (Wildman–Crippen LogP) is 1.50. The molecule has 1 saturated carbocycles. The van der Waals surface area contributed by atoms with E-state index >= 15 is 0 Å². The second-order valence-electron chi connectivity index (χ2n) is 4.90. The molecule has 3 rings (SSSR count). The van der Waals surface area contributed by atoms with E-state index < -0.39 is 0 Å². The first-order valence-corrected chi connectivity index (χ1v) is 6.44. The highest BCUT2D eigenvalue weighted by Gasteiger charge is 2.24. The molecule has 2 heterocycles. The first-order valence-electron chi connectivity index (χ1n) is 6.44. The highest BCUT2D eigenvalue weighted by molar-refractivity contribution is 6.06. The number of H-pyrrole nitrogens is 1. The largest absolute Gasteiger partial charge is 0.442 e. The lowest BCUT2D eigenvalue weighted by atomic mass is 10.1. The summed E-state index contributed by atoms with van der Waals surface area (Å²) in [6.45, 7) is 1.67. The smallest absolute Gasteiger partial charge is 0.262 e. The number of hydrogen-bond acceptors (Lipinski definition) is 4. The predicted molar refractivity (Wildman–Crippen MR) is 69.1 cm³/mol. The van der Waals surface area contributed by atoms with Crippen LogP contribution in [-0.4, -0.2) is 21.9 Å². The summed E-state index contributed by atoms with van der Waals surface area (Å²) in [4.78, 5) is 30.5. The van der Waals surface area contributed by atoms with Crippen molar-refractivity contribution in [2.45, 2.75) is 38.6 Å². The van der Waals surface area contributed by atoms with E-state index in [1.807, 2.05) is 0 Å². The van der Waals surface area contributed by atoms with Crippen molar-refractivity contribution in [1.82, 2.24) is 15.3 Å². The van der Waals surface area contributed by atoms with E-state index in [1.165, 1.54) is 6.33 Å². The van der Waals surface area contributed by atoms with Gasteiger partial charge in [-0.2, -0.15) is 0 Å². The molecule has 0 unspecified atom stereocenters. The first-order chi connectivity index (χ1) is 9.16. The highest BCUT2D eigenvalue weighted by Crippen LogP contribution is 2.22. The SMILES string of the molecule is Cc1oc2nc[nH]c(=O)c2c1C(=O)NC1CCCC1. The van der Waals surface area contributed by atoms with Crippen molar-refractivity contribution in [2.24, 2.45) is 0 Å². The maximum Gasteiger partial charge on any atom is 0.262 e. The minimum absolute atomic E-state index is 0.201. The Kier molecular flexibility index (Phi) is 2.85. The van der Waals surface area contributed by atoms with Crippen LogP contribution in [0.4, 0.5) is 0 Å². The van der Waals surface area contributed by atoms with Gasteiger partial charge in [0.05, 0.1) is 11.9 Å². The zero-order valence-corrected chi connectivity index (χ0v) is 10.7. The molecule has 1 fully saturated rings. The number of aromatic nitrogens is 2. The molecule has 0 bridgehead atoms. The summed E-state index contributed by atoms with van der Waals surface area (Å²) >= 11 is 0. The molecule has 2 N–H and O–H groups in total. The fourth-order valence-electron chi connectivity index (χ4n) is 2.65. The summed E-state index contributed by atoms with van der Waals surface area (Å²) in [6, 6.07) is 0.201. The Morgan fingerprint density at radius 3 is 2.95 bits per heavy atom. The van der Waals surface area contributed by atoms with Crippen LogP contribution in [0.5, 0.6) is 0 Å². The van der Waals surface area contributed by atoms with E-state index in [-0.39, 0.29) is 28.6 Å². The fourth-order valence-corrected chi connectivity index (χ4v) is 2.65. The third-order valence-electron chi connectivity index (χ3n) is 3.59. The zero-order chi connectivity index (χ0) is 13.4. The third-order valence-corrected chi connectivity index (χ3v) is 3.59. The average Bonchev–Trinajstić information content (AvgIpc) is 2.96. The molecular formula is C13H15N3O3. The highest BCUT2D eigenvalue weighted by atomic mass is 16.3. The number of nitrogens with one attached hydrogen (secondary N) is 2. The molecule has 0 spiro atoms. The Morgan fingerprint density at radius 1 is 1.47 bits per heavy atom. The lowest BCUT2D eigenvalue weighted by Gasteiger charge is -2.11. The van der Waals surface area contributed by atoms with Crippen LogP contribution in [0.25, 0.3) is 11.1 Å². The molecule has 2 aromatic heterocycles. The Labute approximate surface area is 109 Å². The van der Waals surface area contributed by atoms with E-state index in [0.29, 0.717) is 11.3 Å². The maximum absolute atomic E-state index is 12.3. The van der Waals surface area contributed by atoms with Crippen molar-refractivity contribution in [3.05, 3.63) is 28.0 Å². The lowest BCUT2D eigenvalue weighted by Crippen LogP contribution is -2.33. The summed E-state index contributed by atoms with van der Waals surface area (Å²) in [6.07, 6.45) is 5.53. The number of carbonyl (C=O) groups excluding carboxylic acids is 1. The quantitative estimate of drug-likeness (QED) is 0.857. The molecule has 100 valence electrons. The van der Waals surface area contributed by atoms with Gasteiger partial charge in [0, 0.05) is 6.04 Å². The van der Waals surface area contributed by atoms with Crippen molar-refractivity contribution in [1.29, 1.82) is 0 Å². The molecule has 0 aliphatic heterocycles. The fraction of sp³-hybridized carbons (Fsp3) is 0.462. The number of hydrogen-bond donors (Lipinski definition) is 2. The zero-order valence-electron chi connectivity index (χ0n) is 10.7. The van der Waals surface area contributed by atoms with Crippen LogP contribution in [0.3, 0.4) is 0 Å². The Morgan fingerprint density at radius 2 is 2.21 bits per heavy atom. The average molecular weight is 261 g/mol. The van der Waals surface area contributed by atoms with Gasteiger partial charge in [-0.15, -0.1) is 0 Å². The van der Waals surface area contributed by atoms with Crippen molar-refractivity contribution in [2.75, 3.05) is 0 Å². The van der Waals surface area contributed by atoms with Crippen molar-refractivity contribution >= 4 is 17.0 Å². The van der Waals surface area contributed by atoms with Gasteiger partial charge in [-0.05, 0) is 19.8 Å². The molecule has 1 amide bonds. The van der Waals surface area contributed by atoms with Crippen LogP contribution in [0.2, 0.25) is 0 Å². The van der Waals surface area contributed by atoms with Crippen molar-refractivity contribution < 1.29 is 9.21 Å². The van der Waals surface area contributed by atoms with E-state index in [0.717, 1.165) is 25.7 Å².